The molecule has 1 aromatic heterocycles. The molecule has 1 aliphatic heterocycles. The van der Waals surface area contributed by atoms with E-state index < -0.39 is 11.9 Å². The number of rotatable bonds is 6. The van der Waals surface area contributed by atoms with Crippen molar-refractivity contribution in [1.29, 1.82) is 0 Å². The summed E-state index contributed by atoms with van der Waals surface area (Å²) in [5.74, 6) is -0.763. The molecule has 0 aliphatic carbocycles. The number of Topliss-reactive ketones (excluding diaryl/α,β-unsaturated/α-hetero) is 1. The van der Waals surface area contributed by atoms with E-state index in [0.717, 1.165) is 11.1 Å². The molecule has 1 atom stereocenters. The number of nitrogens with zero attached hydrogens (tertiary/aromatic N) is 1. The molecule has 1 aromatic carbocycles. The third kappa shape index (κ3) is 4.02. The molecule has 136 valence electrons. The summed E-state index contributed by atoms with van der Waals surface area (Å²) >= 11 is 0. The van der Waals surface area contributed by atoms with E-state index in [1.54, 1.807) is 29.4 Å². The van der Waals surface area contributed by atoms with Gasteiger partial charge < -0.3 is 14.1 Å². The molecule has 6 nitrogen and oxygen atoms in total. The Kier molecular flexibility index (Phi) is 5.21. The molecule has 1 fully saturated rings. The van der Waals surface area contributed by atoms with Crippen LogP contribution in [0, 0.1) is 19.8 Å². The van der Waals surface area contributed by atoms with Crippen molar-refractivity contribution >= 4 is 17.7 Å². The number of carbonyl (C=O) groups excluding carboxylic acids is 3. The van der Waals surface area contributed by atoms with Gasteiger partial charge in [-0.3, -0.25) is 14.4 Å². The summed E-state index contributed by atoms with van der Waals surface area (Å²) in [5, 5.41) is 0. The normalized spacial score (nSPS) is 16.8. The van der Waals surface area contributed by atoms with Gasteiger partial charge in [-0.05, 0) is 37.6 Å². The van der Waals surface area contributed by atoms with Gasteiger partial charge in [0.05, 0.1) is 18.7 Å². The van der Waals surface area contributed by atoms with Crippen molar-refractivity contribution in [3.05, 3.63) is 59.0 Å². The van der Waals surface area contributed by atoms with Gasteiger partial charge in [-0.2, -0.15) is 0 Å². The molecular weight excluding hydrogens is 334 g/mol. The summed E-state index contributed by atoms with van der Waals surface area (Å²) in [5.41, 5.74) is 2.37. The number of ketones is 1. The fourth-order valence-electron chi connectivity index (χ4n) is 3.04. The number of amides is 1. The molecule has 0 saturated carbocycles. The highest BCUT2D eigenvalue weighted by atomic mass is 16.5. The molecule has 1 saturated heterocycles. The molecule has 2 aromatic rings. The molecule has 2 heterocycles. The van der Waals surface area contributed by atoms with Crippen molar-refractivity contribution in [1.82, 2.24) is 4.90 Å². The molecule has 0 unspecified atom stereocenters. The van der Waals surface area contributed by atoms with Crippen LogP contribution in [0.4, 0.5) is 0 Å². The zero-order valence-corrected chi connectivity index (χ0v) is 14.9. The van der Waals surface area contributed by atoms with Gasteiger partial charge in [0.1, 0.15) is 5.76 Å². The van der Waals surface area contributed by atoms with Crippen LogP contribution in [0.2, 0.25) is 0 Å². The van der Waals surface area contributed by atoms with Crippen LogP contribution in [0.1, 0.15) is 33.7 Å². The smallest absolute Gasteiger partial charge is 0.311 e. The van der Waals surface area contributed by atoms with Crippen molar-refractivity contribution in [3.8, 4) is 0 Å². The van der Waals surface area contributed by atoms with Crippen LogP contribution in [0.15, 0.2) is 41.0 Å². The van der Waals surface area contributed by atoms with Gasteiger partial charge in [0.25, 0.3) is 0 Å². The van der Waals surface area contributed by atoms with Gasteiger partial charge in [-0.15, -0.1) is 0 Å². The minimum atomic E-state index is -0.552. The Hall–Kier alpha value is -2.89. The summed E-state index contributed by atoms with van der Waals surface area (Å²) in [6.45, 7) is 4.04. The first-order valence-electron chi connectivity index (χ1n) is 8.51. The zero-order valence-electron chi connectivity index (χ0n) is 14.9. The van der Waals surface area contributed by atoms with Gasteiger partial charge in [-0.1, -0.05) is 17.7 Å². The number of carbonyl (C=O) groups is 3. The van der Waals surface area contributed by atoms with Crippen molar-refractivity contribution in [2.45, 2.75) is 26.8 Å². The maximum Gasteiger partial charge on any atom is 0.311 e. The quantitative estimate of drug-likeness (QED) is 0.588. The van der Waals surface area contributed by atoms with Gasteiger partial charge in [-0.25, -0.2) is 0 Å². The van der Waals surface area contributed by atoms with Crippen LogP contribution in [0.5, 0.6) is 0 Å². The number of hydrogen-bond donors (Lipinski definition) is 0. The highest BCUT2D eigenvalue weighted by Crippen LogP contribution is 2.22. The molecule has 6 heteroatoms. The van der Waals surface area contributed by atoms with Crippen molar-refractivity contribution in [2.75, 3.05) is 13.2 Å². The molecule has 3 rings (SSSR count). The van der Waals surface area contributed by atoms with Crippen LogP contribution >= 0.6 is 0 Å². The second kappa shape index (κ2) is 7.56. The number of likely N-dealkylation sites (tertiary alicyclic amines) is 1. The van der Waals surface area contributed by atoms with Crippen LogP contribution in [0.25, 0.3) is 0 Å². The summed E-state index contributed by atoms with van der Waals surface area (Å²) in [6, 6.07) is 9.11. The highest BCUT2D eigenvalue weighted by molar-refractivity contribution is 5.99. The molecule has 0 bridgehead atoms. The Morgan fingerprint density at radius 2 is 2.08 bits per heavy atom. The van der Waals surface area contributed by atoms with E-state index in [-0.39, 0.29) is 31.3 Å². The number of benzene rings is 1. The van der Waals surface area contributed by atoms with Crippen molar-refractivity contribution in [2.24, 2.45) is 5.92 Å². The fraction of sp³-hybridized carbons (Fsp3) is 0.350. The van der Waals surface area contributed by atoms with Gasteiger partial charge in [0, 0.05) is 18.5 Å². The first-order valence-corrected chi connectivity index (χ1v) is 8.51. The van der Waals surface area contributed by atoms with Crippen LogP contribution < -0.4 is 0 Å². The van der Waals surface area contributed by atoms with Crippen LogP contribution in [-0.2, 0) is 20.9 Å². The average Bonchev–Trinajstić information content (AvgIpc) is 3.25. The standard InChI is InChI=1S/C20H21NO5/c1-13-5-6-14(2)17(8-13)18(22)12-26-20(24)15-9-19(23)21(10-15)11-16-4-3-7-25-16/h3-8,15H,9-12H2,1-2H3/t15-/m1/s1. The van der Waals surface area contributed by atoms with E-state index in [2.05, 4.69) is 0 Å². The van der Waals surface area contributed by atoms with Gasteiger partial charge in [0.15, 0.2) is 6.61 Å². The largest absolute Gasteiger partial charge is 0.467 e. The first kappa shape index (κ1) is 17.9. The molecule has 0 N–H and O–H groups in total. The lowest BCUT2D eigenvalue weighted by Crippen LogP contribution is -2.27. The third-order valence-electron chi connectivity index (χ3n) is 4.51. The highest BCUT2D eigenvalue weighted by Gasteiger charge is 2.36. The second-order valence-corrected chi connectivity index (χ2v) is 6.60. The lowest BCUT2D eigenvalue weighted by Gasteiger charge is -2.14. The minimum Gasteiger partial charge on any atom is -0.467 e. The Bertz CT molecular complexity index is 825. The van der Waals surface area contributed by atoms with E-state index in [0.29, 0.717) is 17.9 Å². The topological polar surface area (TPSA) is 76.8 Å². The molecule has 0 spiro atoms. The minimum absolute atomic E-state index is 0.0944. The summed E-state index contributed by atoms with van der Waals surface area (Å²) < 4.78 is 10.4. The van der Waals surface area contributed by atoms with E-state index in [4.69, 9.17) is 9.15 Å². The number of hydrogen-bond acceptors (Lipinski definition) is 5. The molecule has 0 radical (unpaired) electrons. The number of aryl methyl sites for hydroxylation is 2. The Morgan fingerprint density at radius 3 is 2.81 bits per heavy atom. The first-order chi connectivity index (χ1) is 12.4. The molecule has 1 amide bonds. The summed E-state index contributed by atoms with van der Waals surface area (Å²) in [4.78, 5) is 38.2. The lowest BCUT2D eigenvalue weighted by molar-refractivity contribution is -0.147. The summed E-state index contributed by atoms with van der Waals surface area (Å²) in [7, 11) is 0. The van der Waals surface area contributed by atoms with Gasteiger partial charge in [0.2, 0.25) is 11.7 Å². The Morgan fingerprint density at radius 1 is 1.27 bits per heavy atom. The van der Waals surface area contributed by atoms with Crippen molar-refractivity contribution in [3.63, 3.8) is 0 Å². The van der Waals surface area contributed by atoms with E-state index in [9.17, 15) is 14.4 Å². The lowest BCUT2D eigenvalue weighted by atomic mass is 10.0. The second-order valence-electron chi connectivity index (χ2n) is 6.60. The fourth-order valence-corrected chi connectivity index (χ4v) is 3.04. The van der Waals surface area contributed by atoms with E-state index >= 15 is 0 Å². The molecule has 1 aliphatic rings. The Balaban J connectivity index is 1.54. The van der Waals surface area contributed by atoms with Crippen molar-refractivity contribution < 1.29 is 23.5 Å². The van der Waals surface area contributed by atoms with Crippen LogP contribution in [-0.4, -0.2) is 35.7 Å². The van der Waals surface area contributed by atoms with Crippen LogP contribution in [0.3, 0.4) is 0 Å². The van der Waals surface area contributed by atoms with Gasteiger partial charge >= 0.3 is 5.97 Å². The van der Waals surface area contributed by atoms with E-state index in [1.165, 1.54) is 0 Å². The third-order valence-corrected chi connectivity index (χ3v) is 4.51. The average molecular weight is 355 g/mol. The molecular formula is C20H21NO5. The maximum atomic E-state index is 12.3. The SMILES string of the molecule is Cc1ccc(C)c(C(=O)COC(=O)[C@@H]2CC(=O)N(Cc3ccco3)C2)c1. The predicted molar refractivity (Wildman–Crippen MR) is 93.4 cm³/mol. The Labute approximate surface area is 151 Å². The van der Waals surface area contributed by atoms with E-state index in [1.807, 2.05) is 26.0 Å². The monoisotopic (exact) mass is 355 g/mol. The number of furan rings is 1. The zero-order chi connectivity index (χ0) is 18.7. The summed E-state index contributed by atoms with van der Waals surface area (Å²) in [6.07, 6.45) is 1.64. The number of ether oxygens (including phenoxy) is 1. The predicted octanol–water partition coefficient (Wildman–Crippen LogP) is 2.67. The number of esters is 1. The maximum absolute atomic E-state index is 12.3. The molecule has 26 heavy (non-hydrogen) atoms.